The third-order valence-corrected chi connectivity index (χ3v) is 1.38. The van der Waals surface area contributed by atoms with E-state index >= 15 is 0 Å². The molecule has 68 valence electrons. The molecule has 0 aliphatic heterocycles. The van der Waals surface area contributed by atoms with Gasteiger partial charge in [-0.05, 0) is 5.92 Å². The number of hydrogen-bond acceptors (Lipinski definition) is 3. The van der Waals surface area contributed by atoms with Gasteiger partial charge in [0, 0.05) is 6.61 Å². The van der Waals surface area contributed by atoms with Crippen LogP contribution in [0.15, 0.2) is 12.7 Å². The van der Waals surface area contributed by atoms with Gasteiger partial charge in [0.1, 0.15) is 12.7 Å². The highest BCUT2D eigenvalue weighted by Gasteiger charge is 1.94. The van der Waals surface area contributed by atoms with Crippen LogP contribution in [0.2, 0.25) is 0 Å². The van der Waals surface area contributed by atoms with Crippen molar-refractivity contribution in [1.82, 2.24) is 14.8 Å². The molecule has 0 N–H and O–H groups in total. The second-order valence-electron chi connectivity index (χ2n) is 3.13. The van der Waals surface area contributed by atoms with E-state index in [9.17, 15) is 0 Å². The lowest BCUT2D eigenvalue weighted by molar-refractivity contribution is 0.101. The van der Waals surface area contributed by atoms with Crippen molar-refractivity contribution in [3.63, 3.8) is 0 Å². The van der Waals surface area contributed by atoms with Crippen LogP contribution in [-0.2, 0) is 11.3 Å². The zero-order valence-electron chi connectivity index (χ0n) is 7.60. The van der Waals surface area contributed by atoms with Gasteiger partial charge in [0.25, 0.3) is 0 Å². The summed E-state index contributed by atoms with van der Waals surface area (Å²) in [6, 6.07) is 0. The van der Waals surface area contributed by atoms with Gasteiger partial charge in [-0.2, -0.15) is 5.10 Å². The Morgan fingerprint density at radius 1 is 1.50 bits per heavy atom. The molecule has 1 aromatic rings. The lowest BCUT2D eigenvalue weighted by atomic mass is 10.2. The van der Waals surface area contributed by atoms with E-state index in [0.29, 0.717) is 12.5 Å². The largest absolute Gasteiger partial charge is 0.379 e. The van der Waals surface area contributed by atoms with Crippen LogP contribution in [0, 0.1) is 5.92 Å². The molecule has 0 spiro atoms. The van der Waals surface area contributed by atoms with E-state index in [0.717, 1.165) is 13.2 Å². The average Bonchev–Trinajstić information content (AvgIpc) is 2.49. The molecule has 0 saturated heterocycles. The number of nitrogens with zero attached hydrogens (tertiary/aromatic N) is 3. The lowest BCUT2D eigenvalue weighted by Crippen LogP contribution is -2.09. The van der Waals surface area contributed by atoms with Gasteiger partial charge in [0.2, 0.25) is 0 Å². The molecular formula is C8H15N3O. The third kappa shape index (κ3) is 3.48. The van der Waals surface area contributed by atoms with Gasteiger partial charge in [0.15, 0.2) is 0 Å². The molecule has 0 fully saturated rings. The van der Waals surface area contributed by atoms with Gasteiger partial charge in [0.05, 0.1) is 13.2 Å². The summed E-state index contributed by atoms with van der Waals surface area (Å²) in [6.45, 7) is 6.58. The molecule has 0 aliphatic carbocycles. The van der Waals surface area contributed by atoms with Crippen molar-refractivity contribution in [3.05, 3.63) is 12.7 Å². The molecule has 0 bridgehead atoms. The van der Waals surface area contributed by atoms with Gasteiger partial charge in [-0.25, -0.2) is 4.98 Å². The Labute approximate surface area is 72.6 Å². The van der Waals surface area contributed by atoms with Gasteiger partial charge in [-0.3, -0.25) is 4.68 Å². The summed E-state index contributed by atoms with van der Waals surface area (Å²) in [4.78, 5) is 3.83. The summed E-state index contributed by atoms with van der Waals surface area (Å²) in [7, 11) is 0. The van der Waals surface area contributed by atoms with Crippen molar-refractivity contribution < 1.29 is 4.74 Å². The maximum absolute atomic E-state index is 5.38. The van der Waals surface area contributed by atoms with Crippen molar-refractivity contribution in [3.8, 4) is 0 Å². The second-order valence-corrected chi connectivity index (χ2v) is 3.13. The van der Waals surface area contributed by atoms with Crippen LogP contribution in [0.25, 0.3) is 0 Å². The van der Waals surface area contributed by atoms with E-state index in [1.54, 1.807) is 11.0 Å². The standard InChI is InChI=1S/C8H15N3O/c1-8(2)5-12-4-3-11-7-9-6-10-11/h6-8H,3-5H2,1-2H3. The Balaban J connectivity index is 2.04. The van der Waals surface area contributed by atoms with Gasteiger partial charge in [-0.1, -0.05) is 13.8 Å². The molecule has 4 heteroatoms. The number of hydrogen-bond donors (Lipinski definition) is 0. The summed E-state index contributed by atoms with van der Waals surface area (Å²) >= 11 is 0. The predicted octanol–water partition coefficient (Wildman–Crippen LogP) is 0.951. The first-order valence-electron chi connectivity index (χ1n) is 4.19. The SMILES string of the molecule is CC(C)COCCn1cncn1. The van der Waals surface area contributed by atoms with Crippen LogP contribution in [-0.4, -0.2) is 28.0 Å². The second kappa shape index (κ2) is 4.87. The molecule has 0 aliphatic rings. The van der Waals surface area contributed by atoms with E-state index in [-0.39, 0.29) is 0 Å². The van der Waals surface area contributed by atoms with E-state index in [4.69, 9.17) is 4.74 Å². The predicted molar refractivity (Wildman–Crippen MR) is 45.7 cm³/mol. The van der Waals surface area contributed by atoms with Crippen LogP contribution in [0.3, 0.4) is 0 Å². The molecule has 1 heterocycles. The Kier molecular flexibility index (Phi) is 3.73. The van der Waals surface area contributed by atoms with Crippen molar-refractivity contribution in [2.75, 3.05) is 13.2 Å². The quantitative estimate of drug-likeness (QED) is 0.616. The zero-order chi connectivity index (χ0) is 8.81. The first-order chi connectivity index (χ1) is 5.79. The Hall–Kier alpha value is -0.900. The number of rotatable bonds is 5. The molecule has 0 saturated carbocycles. The summed E-state index contributed by atoms with van der Waals surface area (Å²) in [6.07, 6.45) is 3.22. The molecule has 0 radical (unpaired) electrons. The summed E-state index contributed by atoms with van der Waals surface area (Å²) in [5.41, 5.74) is 0. The number of ether oxygens (including phenoxy) is 1. The van der Waals surface area contributed by atoms with Gasteiger partial charge in [-0.15, -0.1) is 0 Å². The van der Waals surface area contributed by atoms with Crippen molar-refractivity contribution >= 4 is 0 Å². The molecule has 4 nitrogen and oxygen atoms in total. The molecule has 12 heavy (non-hydrogen) atoms. The third-order valence-electron chi connectivity index (χ3n) is 1.38. The summed E-state index contributed by atoms with van der Waals surface area (Å²) in [5.74, 6) is 0.598. The summed E-state index contributed by atoms with van der Waals surface area (Å²) < 4.78 is 7.14. The van der Waals surface area contributed by atoms with Crippen molar-refractivity contribution in [2.45, 2.75) is 20.4 Å². The Morgan fingerprint density at radius 2 is 2.33 bits per heavy atom. The van der Waals surface area contributed by atoms with Crippen LogP contribution in [0.4, 0.5) is 0 Å². The fourth-order valence-corrected chi connectivity index (χ4v) is 0.825. The lowest BCUT2D eigenvalue weighted by Gasteiger charge is -2.05. The topological polar surface area (TPSA) is 39.9 Å². The Morgan fingerprint density at radius 3 is 2.92 bits per heavy atom. The minimum Gasteiger partial charge on any atom is -0.379 e. The molecule has 0 unspecified atom stereocenters. The fourth-order valence-electron chi connectivity index (χ4n) is 0.825. The molecule has 1 aromatic heterocycles. The van der Waals surface area contributed by atoms with Crippen LogP contribution >= 0.6 is 0 Å². The first-order valence-corrected chi connectivity index (χ1v) is 4.19. The molecule has 0 amide bonds. The molecule has 0 atom stereocenters. The normalized spacial score (nSPS) is 10.9. The minimum atomic E-state index is 0.598. The Bertz CT molecular complexity index is 196. The van der Waals surface area contributed by atoms with Crippen molar-refractivity contribution in [2.24, 2.45) is 5.92 Å². The molecule has 0 aromatic carbocycles. The maximum atomic E-state index is 5.38. The zero-order valence-corrected chi connectivity index (χ0v) is 7.60. The van der Waals surface area contributed by atoms with Crippen LogP contribution in [0.1, 0.15) is 13.8 Å². The highest BCUT2D eigenvalue weighted by Crippen LogP contribution is 1.92. The van der Waals surface area contributed by atoms with E-state index in [1.165, 1.54) is 6.33 Å². The van der Waals surface area contributed by atoms with Crippen molar-refractivity contribution in [1.29, 1.82) is 0 Å². The smallest absolute Gasteiger partial charge is 0.137 e. The highest BCUT2D eigenvalue weighted by molar-refractivity contribution is 4.55. The van der Waals surface area contributed by atoms with Crippen LogP contribution < -0.4 is 0 Å². The minimum absolute atomic E-state index is 0.598. The highest BCUT2D eigenvalue weighted by atomic mass is 16.5. The van der Waals surface area contributed by atoms with E-state index in [2.05, 4.69) is 23.9 Å². The van der Waals surface area contributed by atoms with Gasteiger partial charge < -0.3 is 4.74 Å². The maximum Gasteiger partial charge on any atom is 0.137 e. The number of aromatic nitrogens is 3. The molecular weight excluding hydrogens is 154 g/mol. The fraction of sp³-hybridized carbons (Fsp3) is 0.750. The van der Waals surface area contributed by atoms with E-state index < -0.39 is 0 Å². The monoisotopic (exact) mass is 169 g/mol. The molecule has 1 rings (SSSR count). The van der Waals surface area contributed by atoms with Gasteiger partial charge >= 0.3 is 0 Å². The van der Waals surface area contributed by atoms with E-state index in [1.807, 2.05) is 0 Å². The average molecular weight is 169 g/mol. The first kappa shape index (κ1) is 9.19. The van der Waals surface area contributed by atoms with Crippen LogP contribution in [0.5, 0.6) is 0 Å². The summed E-state index contributed by atoms with van der Waals surface area (Å²) in [5, 5.41) is 3.96.